The second-order valence-electron chi connectivity index (χ2n) is 5.97. The number of ether oxygens (including phenoxy) is 1. The van der Waals surface area contributed by atoms with Crippen molar-refractivity contribution in [1.29, 1.82) is 0 Å². The minimum atomic E-state index is -0.453. The van der Waals surface area contributed by atoms with E-state index in [0.29, 0.717) is 16.2 Å². The molecular weight excluding hydrogens is 352 g/mol. The normalized spacial score (nSPS) is 13.9. The monoisotopic (exact) mass is 368 g/mol. The van der Waals surface area contributed by atoms with Gasteiger partial charge in [0.15, 0.2) is 4.96 Å². The number of benzene rings is 1. The summed E-state index contributed by atoms with van der Waals surface area (Å²) in [6.45, 7) is 2.81. The van der Waals surface area contributed by atoms with Crippen LogP contribution in [0.25, 0.3) is 4.96 Å². The lowest BCUT2D eigenvalue weighted by atomic mass is 10.2. The number of hydrogen-bond acceptors (Lipinski definition) is 7. The largest absolute Gasteiger partial charge is 0.456 e. The van der Waals surface area contributed by atoms with E-state index >= 15 is 0 Å². The van der Waals surface area contributed by atoms with Crippen LogP contribution in [0.5, 0.6) is 0 Å². The summed E-state index contributed by atoms with van der Waals surface area (Å²) < 4.78 is 6.75. The van der Waals surface area contributed by atoms with Gasteiger partial charge in [-0.2, -0.15) is 5.10 Å². The van der Waals surface area contributed by atoms with E-state index in [1.165, 1.54) is 21.8 Å². The molecule has 26 heavy (non-hydrogen) atoms. The second-order valence-corrected chi connectivity index (χ2v) is 6.85. The van der Waals surface area contributed by atoms with Gasteiger partial charge in [-0.25, -0.2) is 9.78 Å². The van der Waals surface area contributed by atoms with Gasteiger partial charge in [0.2, 0.25) is 0 Å². The first kappa shape index (κ1) is 16.5. The van der Waals surface area contributed by atoms with Gasteiger partial charge in [-0.05, 0) is 31.2 Å². The molecule has 0 amide bonds. The molecule has 1 aliphatic rings. The van der Waals surface area contributed by atoms with E-state index in [-0.39, 0.29) is 12.2 Å². The molecule has 0 radical (unpaired) electrons. The van der Waals surface area contributed by atoms with Crippen molar-refractivity contribution in [2.75, 3.05) is 11.6 Å². The zero-order valence-corrected chi connectivity index (χ0v) is 14.9. The number of nitrogens with zero attached hydrogens (tertiary/aromatic N) is 4. The van der Waals surface area contributed by atoms with E-state index in [4.69, 9.17) is 4.74 Å². The molecule has 1 aliphatic heterocycles. The highest BCUT2D eigenvalue weighted by molar-refractivity contribution is 7.15. The van der Waals surface area contributed by atoms with Gasteiger partial charge >= 0.3 is 5.97 Å². The Morgan fingerprint density at radius 1 is 1.31 bits per heavy atom. The lowest BCUT2D eigenvalue weighted by molar-refractivity contribution is 0.0468. The lowest BCUT2D eigenvalue weighted by Gasteiger charge is -2.13. The number of anilines is 1. The van der Waals surface area contributed by atoms with Crippen LogP contribution in [0, 0.1) is 0 Å². The van der Waals surface area contributed by atoms with Crippen LogP contribution in [0.2, 0.25) is 0 Å². The third-order valence-corrected chi connectivity index (χ3v) is 4.84. The summed E-state index contributed by atoms with van der Waals surface area (Å²) in [6, 6.07) is 8.50. The van der Waals surface area contributed by atoms with E-state index in [9.17, 15) is 9.59 Å². The van der Waals surface area contributed by atoms with Crippen LogP contribution in [0.3, 0.4) is 0 Å². The Morgan fingerprint density at radius 3 is 2.85 bits per heavy atom. The van der Waals surface area contributed by atoms with Crippen molar-refractivity contribution in [2.24, 2.45) is 5.10 Å². The van der Waals surface area contributed by atoms with Gasteiger partial charge in [0.05, 0.1) is 16.9 Å². The molecular formula is C18H16N4O3S. The summed E-state index contributed by atoms with van der Waals surface area (Å²) in [5.41, 5.74) is 2.73. The van der Waals surface area contributed by atoms with Gasteiger partial charge in [0.25, 0.3) is 5.56 Å². The highest BCUT2D eigenvalue weighted by Gasteiger charge is 2.14. The molecule has 1 aromatic carbocycles. The third kappa shape index (κ3) is 3.23. The molecule has 0 spiro atoms. The molecule has 7 nitrogen and oxygen atoms in total. The molecule has 0 fully saturated rings. The Bertz CT molecular complexity index is 1050. The number of aromatic nitrogens is 2. The van der Waals surface area contributed by atoms with Gasteiger partial charge in [0, 0.05) is 36.3 Å². The van der Waals surface area contributed by atoms with E-state index in [1.807, 2.05) is 24.1 Å². The van der Waals surface area contributed by atoms with Crippen molar-refractivity contribution >= 4 is 33.7 Å². The molecule has 0 bridgehead atoms. The number of thiazole rings is 1. The molecule has 2 aromatic heterocycles. The molecule has 8 heteroatoms. The lowest BCUT2D eigenvalue weighted by Crippen LogP contribution is -2.15. The van der Waals surface area contributed by atoms with E-state index in [1.54, 1.807) is 23.7 Å². The number of carbonyl (C=O) groups excluding carboxylic acids is 1. The molecule has 0 saturated carbocycles. The van der Waals surface area contributed by atoms with Crippen LogP contribution >= 0.6 is 11.3 Å². The zero-order valence-electron chi connectivity index (χ0n) is 14.1. The highest BCUT2D eigenvalue weighted by Crippen LogP contribution is 2.20. The van der Waals surface area contributed by atoms with Gasteiger partial charge in [0.1, 0.15) is 6.61 Å². The third-order valence-electron chi connectivity index (χ3n) is 4.09. The average molecular weight is 368 g/mol. The summed E-state index contributed by atoms with van der Waals surface area (Å²) in [5, 5.41) is 8.13. The van der Waals surface area contributed by atoms with Crippen LogP contribution in [-0.2, 0) is 11.3 Å². The number of rotatable bonds is 4. The van der Waals surface area contributed by atoms with Crippen molar-refractivity contribution in [2.45, 2.75) is 20.0 Å². The van der Waals surface area contributed by atoms with Crippen LogP contribution in [0.15, 0.2) is 51.8 Å². The van der Waals surface area contributed by atoms with Crippen molar-refractivity contribution in [1.82, 2.24) is 9.38 Å². The SMILES string of the molecule is CC1=NN(c2ccc(C(=O)OCc3cc(=O)n4ccsc4n3)cc2)CC1. The van der Waals surface area contributed by atoms with Crippen molar-refractivity contribution in [3.8, 4) is 0 Å². The molecule has 0 saturated heterocycles. The smallest absolute Gasteiger partial charge is 0.338 e. The first-order chi connectivity index (χ1) is 12.6. The Kier molecular flexibility index (Phi) is 4.26. The maximum atomic E-state index is 12.2. The Labute approximate surface area is 153 Å². The van der Waals surface area contributed by atoms with E-state index in [2.05, 4.69) is 10.1 Å². The maximum Gasteiger partial charge on any atom is 0.338 e. The molecule has 0 atom stereocenters. The Balaban J connectivity index is 1.43. The molecule has 3 aromatic rings. The van der Waals surface area contributed by atoms with Crippen LogP contribution in [0.1, 0.15) is 29.4 Å². The molecule has 0 N–H and O–H groups in total. The van der Waals surface area contributed by atoms with Gasteiger partial charge in [-0.3, -0.25) is 14.2 Å². The fraction of sp³-hybridized carbons (Fsp3) is 0.222. The Hall–Kier alpha value is -3.00. The van der Waals surface area contributed by atoms with Gasteiger partial charge in [-0.1, -0.05) is 0 Å². The molecule has 3 heterocycles. The quantitative estimate of drug-likeness (QED) is 0.662. The Morgan fingerprint density at radius 2 is 2.12 bits per heavy atom. The summed E-state index contributed by atoms with van der Waals surface area (Å²) in [5.74, 6) is -0.453. The summed E-state index contributed by atoms with van der Waals surface area (Å²) in [7, 11) is 0. The van der Waals surface area contributed by atoms with Crippen molar-refractivity contribution in [3.05, 3.63) is 63.5 Å². The van der Waals surface area contributed by atoms with Crippen LogP contribution in [0.4, 0.5) is 5.69 Å². The van der Waals surface area contributed by atoms with E-state index in [0.717, 1.165) is 24.4 Å². The van der Waals surface area contributed by atoms with Crippen LogP contribution < -0.4 is 10.6 Å². The fourth-order valence-electron chi connectivity index (χ4n) is 2.71. The van der Waals surface area contributed by atoms with Crippen molar-refractivity contribution in [3.63, 3.8) is 0 Å². The predicted octanol–water partition coefficient (Wildman–Crippen LogP) is 2.70. The molecule has 0 unspecified atom stereocenters. The predicted molar refractivity (Wildman–Crippen MR) is 100.0 cm³/mol. The summed E-state index contributed by atoms with van der Waals surface area (Å²) in [4.78, 5) is 29.1. The number of hydrazone groups is 1. The first-order valence-electron chi connectivity index (χ1n) is 8.15. The number of hydrogen-bond donors (Lipinski definition) is 0. The average Bonchev–Trinajstić information content (AvgIpc) is 3.29. The van der Waals surface area contributed by atoms with Gasteiger partial charge in [-0.15, -0.1) is 11.3 Å². The molecule has 4 rings (SSSR count). The maximum absolute atomic E-state index is 12.2. The summed E-state index contributed by atoms with van der Waals surface area (Å²) >= 11 is 1.36. The minimum absolute atomic E-state index is 0.0418. The first-order valence-corrected chi connectivity index (χ1v) is 9.03. The van der Waals surface area contributed by atoms with Gasteiger partial charge < -0.3 is 4.74 Å². The van der Waals surface area contributed by atoms with E-state index < -0.39 is 5.97 Å². The van der Waals surface area contributed by atoms with Crippen molar-refractivity contribution < 1.29 is 9.53 Å². The second kappa shape index (κ2) is 6.72. The molecule has 0 aliphatic carbocycles. The van der Waals surface area contributed by atoms with Crippen LogP contribution in [-0.4, -0.2) is 27.6 Å². The summed E-state index contributed by atoms with van der Waals surface area (Å²) in [6.07, 6.45) is 2.62. The molecule has 132 valence electrons. The topological polar surface area (TPSA) is 76.3 Å². The highest BCUT2D eigenvalue weighted by atomic mass is 32.1. The minimum Gasteiger partial charge on any atom is -0.456 e. The zero-order chi connectivity index (χ0) is 18.1. The number of fused-ring (bicyclic) bond motifs is 1. The fourth-order valence-corrected chi connectivity index (χ4v) is 3.45. The number of carbonyl (C=O) groups is 1. The number of esters is 1. The standard InChI is InChI=1S/C18H16N4O3S/c1-12-6-7-22(20-12)15-4-2-13(3-5-15)17(24)25-11-14-10-16(23)21-8-9-26-18(21)19-14/h2-5,8-10H,6-7,11H2,1H3.